The van der Waals surface area contributed by atoms with Gasteiger partial charge in [-0.05, 0) is 19.3 Å². The maximum Gasteiger partial charge on any atom is 0.253 e. The molecule has 0 aliphatic rings. The molecule has 0 aromatic rings. The van der Waals surface area contributed by atoms with Gasteiger partial charge in [-0.1, -0.05) is 180 Å². The second kappa shape index (κ2) is 32.0. The standard InChI is InChI=1S/C36H71NO4/c1-3-5-7-9-11-13-15-17-19-21-23-25-27-29-31-35(40)36(41)37-33(32-38)34(39)30-28-26-24-22-20-18-16-14-12-10-8-6-4-2/h29,31,33-35,38-40H,3-28,30,32H2,1-2H3,(H,37,41)/b31-29-/t33-,34+,35+/m0/s1. The van der Waals surface area contributed by atoms with Crippen molar-refractivity contribution in [3.05, 3.63) is 12.2 Å². The number of carbonyl (C=O) groups is 1. The Hall–Kier alpha value is -0.910. The molecule has 244 valence electrons. The van der Waals surface area contributed by atoms with Crippen molar-refractivity contribution in [2.45, 2.75) is 205 Å². The zero-order chi connectivity index (χ0) is 30.2. The van der Waals surface area contributed by atoms with Crippen molar-refractivity contribution in [1.82, 2.24) is 5.32 Å². The molecule has 0 saturated heterocycles. The van der Waals surface area contributed by atoms with Crippen molar-refractivity contribution in [3.8, 4) is 0 Å². The van der Waals surface area contributed by atoms with Gasteiger partial charge < -0.3 is 20.6 Å². The number of rotatable bonds is 32. The summed E-state index contributed by atoms with van der Waals surface area (Å²) in [7, 11) is 0. The fourth-order valence-electron chi connectivity index (χ4n) is 5.52. The number of amides is 1. The van der Waals surface area contributed by atoms with E-state index in [9.17, 15) is 20.1 Å². The Balaban J connectivity index is 3.74. The van der Waals surface area contributed by atoms with Crippen LogP contribution in [0, 0.1) is 0 Å². The van der Waals surface area contributed by atoms with Crippen molar-refractivity contribution in [2.24, 2.45) is 0 Å². The summed E-state index contributed by atoms with van der Waals surface area (Å²) in [5.74, 6) is -0.556. The van der Waals surface area contributed by atoms with Crippen LogP contribution in [0.15, 0.2) is 12.2 Å². The molecular formula is C36H71NO4. The van der Waals surface area contributed by atoms with E-state index in [2.05, 4.69) is 19.2 Å². The monoisotopic (exact) mass is 582 g/mol. The lowest BCUT2D eigenvalue weighted by molar-refractivity contribution is -0.129. The minimum Gasteiger partial charge on any atom is -0.394 e. The predicted molar refractivity (Wildman–Crippen MR) is 176 cm³/mol. The maximum absolute atomic E-state index is 12.3. The summed E-state index contributed by atoms with van der Waals surface area (Å²) in [5.41, 5.74) is 0. The summed E-state index contributed by atoms with van der Waals surface area (Å²) < 4.78 is 0. The van der Waals surface area contributed by atoms with Crippen LogP contribution in [0.4, 0.5) is 0 Å². The van der Waals surface area contributed by atoms with Crippen molar-refractivity contribution in [3.63, 3.8) is 0 Å². The first kappa shape index (κ1) is 40.1. The third-order valence-electron chi connectivity index (χ3n) is 8.40. The van der Waals surface area contributed by atoms with Crippen LogP contribution in [-0.2, 0) is 4.79 Å². The summed E-state index contributed by atoms with van der Waals surface area (Å²) in [6.45, 7) is 4.19. The summed E-state index contributed by atoms with van der Waals surface area (Å²) >= 11 is 0. The van der Waals surface area contributed by atoms with Crippen molar-refractivity contribution < 1.29 is 20.1 Å². The lowest BCUT2D eigenvalue weighted by Crippen LogP contribution is -2.49. The Labute approximate surface area is 255 Å². The molecule has 0 unspecified atom stereocenters. The quantitative estimate of drug-likeness (QED) is 0.0471. The van der Waals surface area contributed by atoms with E-state index in [1.807, 2.05) is 6.08 Å². The Morgan fingerprint density at radius 3 is 1.34 bits per heavy atom. The summed E-state index contributed by atoms with van der Waals surface area (Å²) in [5, 5.41) is 32.9. The molecule has 0 spiro atoms. The molecule has 3 atom stereocenters. The molecule has 0 aromatic heterocycles. The second-order valence-electron chi connectivity index (χ2n) is 12.4. The third-order valence-corrected chi connectivity index (χ3v) is 8.40. The molecule has 0 aliphatic heterocycles. The zero-order valence-corrected chi connectivity index (χ0v) is 27.4. The van der Waals surface area contributed by atoms with E-state index in [0.717, 1.165) is 25.7 Å². The minimum absolute atomic E-state index is 0.333. The van der Waals surface area contributed by atoms with E-state index in [1.54, 1.807) is 0 Å². The number of unbranched alkanes of at least 4 members (excludes halogenated alkanes) is 24. The fraction of sp³-hybridized carbons (Fsp3) is 0.917. The van der Waals surface area contributed by atoms with Gasteiger partial charge in [0.05, 0.1) is 18.8 Å². The topological polar surface area (TPSA) is 89.8 Å². The number of aliphatic hydroxyl groups excluding tert-OH is 3. The normalized spacial score (nSPS) is 14.0. The molecule has 5 heteroatoms. The van der Waals surface area contributed by atoms with Gasteiger partial charge in [0.15, 0.2) is 6.10 Å². The van der Waals surface area contributed by atoms with Crippen LogP contribution in [0.1, 0.15) is 187 Å². The average Bonchev–Trinajstić information content (AvgIpc) is 2.98. The molecular weight excluding hydrogens is 510 g/mol. The van der Waals surface area contributed by atoms with Gasteiger partial charge in [-0.2, -0.15) is 0 Å². The Kier molecular flexibility index (Phi) is 31.3. The van der Waals surface area contributed by atoms with E-state index in [0.29, 0.717) is 6.42 Å². The van der Waals surface area contributed by atoms with Gasteiger partial charge in [0.1, 0.15) is 0 Å². The van der Waals surface area contributed by atoms with Crippen molar-refractivity contribution in [2.75, 3.05) is 6.61 Å². The maximum atomic E-state index is 12.3. The molecule has 0 aliphatic carbocycles. The fourth-order valence-corrected chi connectivity index (χ4v) is 5.52. The van der Waals surface area contributed by atoms with Gasteiger partial charge in [0.25, 0.3) is 5.91 Å². The molecule has 0 radical (unpaired) electrons. The van der Waals surface area contributed by atoms with Crippen LogP contribution in [-0.4, -0.2) is 46.1 Å². The third kappa shape index (κ3) is 27.7. The van der Waals surface area contributed by atoms with E-state index in [4.69, 9.17) is 0 Å². The molecule has 5 nitrogen and oxygen atoms in total. The molecule has 1 amide bonds. The van der Waals surface area contributed by atoms with Gasteiger partial charge in [0, 0.05) is 0 Å². The average molecular weight is 582 g/mol. The molecule has 4 N–H and O–H groups in total. The zero-order valence-electron chi connectivity index (χ0n) is 27.4. The number of carbonyl (C=O) groups excluding carboxylic acids is 1. The summed E-state index contributed by atoms with van der Waals surface area (Å²) in [6.07, 6.45) is 35.0. The molecule has 41 heavy (non-hydrogen) atoms. The number of allylic oxidation sites excluding steroid dienone is 1. The molecule has 0 fully saturated rings. The van der Waals surface area contributed by atoms with Crippen LogP contribution in [0.3, 0.4) is 0 Å². The van der Waals surface area contributed by atoms with Crippen molar-refractivity contribution >= 4 is 5.91 Å². The number of nitrogens with one attached hydrogen (secondary N) is 1. The van der Waals surface area contributed by atoms with Crippen LogP contribution >= 0.6 is 0 Å². The Morgan fingerprint density at radius 1 is 0.585 bits per heavy atom. The van der Waals surface area contributed by atoms with E-state index in [1.165, 1.54) is 147 Å². The van der Waals surface area contributed by atoms with Crippen LogP contribution in [0.5, 0.6) is 0 Å². The van der Waals surface area contributed by atoms with E-state index < -0.39 is 24.2 Å². The molecule has 0 heterocycles. The molecule has 0 saturated carbocycles. The predicted octanol–water partition coefficient (Wildman–Crippen LogP) is 9.31. The molecule has 0 bridgehead atoms. The lowest BCUT2D eigenvalue weighted by atomic mass is 10.0. The minimum atomic E-state index is -1.25. The summed E-state index contributed by atoms with van der Waals surface area (Å²) in [4.78, 5) is 12.3. The number of hydrogen-bond donors (Lipinski definition) is 4. The van der Waals surface area contributed by atoms with Gasteiger partial charge in [0.2, 0.25) is 0 Å². The largest absolute Gasteiger partial charge is 0.394 e. The highest BCUT2D eigenvalue weighted by atomic mass is 16.3. The van der Waals surface area contributed by atoms with Crippen LogP contribution in [0.25, 0.3) is 0 Å². The Bertz CT molecular complexity index is 568. The second-order valence-corrected chi connectivity index (χ2v) is 12.4. The number of hydrogen-bond acceptors (Lipinski definition) is 4. The van der Waals surface area contributed by atoms with Gasteiger partial charge >= 0.3 is 0 Å². The lowest BCUT2D eigenvalue weighted by Gasteiger charge is -2.23. The highest BCUT2D eigenvalue weighted by Gasteiger charge is 2.22. The number of aliphatic hydroxyl groups is 3. The van der Waals surface area contributed by atoms with E-state index in [-0.39, 0.29) is 6.61 Å². The Morgan fingerprint density at radius 2 is 0.951 bits per heavy atom. The first-order chi connectivity index (χ1) is 20.1. The summed E-state index contributed by atoms with van der Waals surface area (Å²) in [6, 6.07) is -0.737. The van der Waals surface area contributed by atoms with E-state index >= 15 is 0 Å². The SMILES string of the molecule is CCCCCCCCCCCCCC/C=C\[C@@H](O)C(=O)N[C@@H](CO)[C@H](O)CCCCCCCCCCCCCCC. The highest BCUT2D eigenvalue weighted by molar-refractivity contribution is 5.82. The van der Waals surface area contributed by atoms with Gasteiger partial charge in [-0.15, -0.1) is 0 Å². The van der Waals surface area contributed by atoms with Gasteiger partial charge in [-0.25, -0.2) is 0 Å². The molecule has 0 aromatic carbocycles. The first-order valence-electron chi connectivity index (χ1n) is 18.0. The smallest absolute Gasteiger partial charge is 0.253 e. The first-order valence-corrected chi connectivity index (χ1v) is 18.0. The van der Waals surface area contributed by atoms with Gasteiger partial charge in [-0.3, -0.25) is 4.79 Å². The van der Waals surface area contributed by atoms with Crippen molar-refractivity contribution in [1.29, 1.82) is 0 Å². The van der Waals surface area contributed by atoms with Crippen LogP contribution < -0.4 is 5.32 Å². The van der Waals surface area contributed by atoms with Crippen LogP contribution in [0.2, 0.25) is 0 Å². The highest BCUT2D eigenvalue weighted by Crippen LogP contribution is 2.15. The molecule has 0 rings (SSSR count).